The van der Waals surface area contributed by atoms with E-state index in [1.165, 1.54) is 0 Å². The first-order valence-electron chi connectivity index (χ1n) is 4.42. The van der Waals surface area contributed by atoms with Gasteiger partial charge in [-0.3, -0.25) is 0 Å². The summed E-state index contributed by atoms with van der Waals surface area (Å²) in [5.41, 5.74) is 0.316. The van der Waals surface area contributed by atoms with Crippen molar-refractivity contribution in [2.45, 2.75) is 29.5 Å². The minimum absolute atomic E-state index is 0.771. The van der Waals surface area contributed by atoms with Crippen molar-refractivity contribution in [3.8, 4) is 0 Å². The molecule has 0 amide bonds. The fourth-order valence-electron chi connectivity index (χ4n) is 1.17. The second-order valence-electron chi connectivity index (χ2n) is 3.40. The summed E-state index contributed by atoms with van der Waals surface area (Å²) < 4.78 is 40.9. The van der Waals surface area contributed by atoms with Crippen molar-refractivity contribution in [3.63, 3.8) is 0 Å². The molecular weight excluding hydrogens is 225 g/mol. The number of aryl methyl sites for hydroxylation is 1. The normalized spacial score (nSPS) is 25.3. The van der Waals surface area contributed by atoms with E-state index in [1.54, 1.807) is 12.1 Å². The molecule has 1 nitrogen and oxygen atoms in total. The molecule has 1 aromatic rings. The largest absolute Gasteiger partial charge is 0.418 e. The van der Waals surface area contributed by atoms with E-state index in [0.29, 0.717) is 0 Å². The molecule has 0 spiro atoms. The summed E-state index contributed by atoms with van der Waals surface area (Å²) in [6, 6.07) is 7.34. The number of hydrogen-bond donors (Lipinski definition) is 0. The van der Waals surface area contributed by atoms with Crippen LogP contribution >= 0.6 is 11.8 Å². The van der Waals surface area contributed by atoms with Crippen molar-refractivity contribution in [3.05, 3.63) is 29.8 Å². The van der Waals surface area contributed by atoms with Crippen molar-refractivity contribution in [2.24, 2.45) is 0 Å². The molecule has 5 heteroatoms. The highest BCUT2D eigenvalue weighted by Crippen LogP contribution is 2.46. The third-order valence-corrected chi connectivity index (χ3v) is 3.18. The van der Waals surface area contributed by atoms with Crippen LogP contribution in [-0.4, -0.2) is 17.7 Å². The van der Waals surface area contributed by atoms with E-state index < -0.39 is 17.7 Å². The molecule has 82 valence electrons. The Morgan fingerprint density at radius 2 is 1.80 bits per heavy atom. The molecular formula is C10H9F3OS. The van der Waals surface area contributed by atoms with Crippen LogP contribution in [0.15, 0.2) is 29.2 Å². The van der Waals surface area contributed by atoms with Crippen LogP contribution in [-0.2, 0) is 4.74 Å². The van der Waals surface area contributed by atoms with Crippen LogP contribution in [0.2, 0.25) is 0 Å². The number of rotatable bonds is 2. The Balaban J connectivity index is 1.93. The van der Waals surface area contributed by atoms with Gasteiger partial charge in [0.15, 0.2) is 6.10 Å². The molecule has 0 aliphatic carbocycles. The van der Waals surface area contributed by atoms with E-state index in [1.807, 2.05) is 19.1 Å². The number of alkyl halides is 3. The molecule has 1 aromatic carbocycles. The van der Waals surface area contributed by atoms with Crippen molar-refractivity contribution in [2.75, 3.05) is 0 Å². The molecule has 0 saturated carbocycles. The molecule has 2 unspecified atom stereocenters. The second-order valence-corrected chi connectivity index (χ2v) is 4.57. The van der Waals surface area contributed by atoms with Crippen molar-refractivity contribution >= 4 is 11.8 Å². The summed E-state index contributed by atoms with van der Waals surface area (Å²) in [4.78, 5) is 0.803. The Morgan fingerprint density at radius 1 is 1.20 bits per heavy atom. The van der Waals surface area contributed by atoms with E-state index in [4.69, 9.17) is 0 Å². The SMILES string of the molecule is Cc1ccc(SC2OC2C(F)(F)F)cc1. The molecule has 0 bridgehead atoms. The predicted octanol–water partition coefficient (Wildman–Crippen LogP) is 3.37. The molecule has 0 N–H and O–H groups in total. The van der Waals surface area contributed by atoms with Crippen molar-refractivity contribution in [1.82, 2.24) is 0 Å². The smallest absolute Gasteiger partial charge is 0.348 e. The predicted molar refractivity (Wildman–Crippen MR) is 51.8 cm³/mol. The standard InChI is InChI=1S/C10H9F3OS/c1-6-2-4-7(5-3-6)15-9-8(14-9)10(11,12)13/h2-5,8-9H,1H3. The average molecular weight is 234 g/mol. The van der Waals surface area contributed by atoms with Gasteiger partial charge >= 0.3 is 6.18 Å². The summed E-state index contributed by atoms with van der Waals surface area (Å²) in [6.45, 7) is 1.93. The Hall–Kier alpha value is -0.680. The maximum absolute atomic E-state index is 12.1. The highest BCUT2D eigenvalue weighted by Gasteiger charge is 2.58. The van der Waals surface area contributed by atoms with Gasteiger partial charge in [0, 0.05) is 4.90 Å². The fraction of sp³-hybridized carbons (Fsp3) is 0.400. The van der Waals surface area contributed by atoms with Crippen LogP contribution < -0.4 is 0 Å². The summed E-state index contributed by atoms with van der Waals surface area (Å²) in [6.07, 6.45) is -5.83. The first-order chi connectivity index (χ1) is 6.97. The number of hydrogen-bond acceptors (Lipinski definition) is 2. The molecule has 1 aliphatic heterocycles. The Bertz CT molecular complexity index is 347. The lowest BCUT2D eigenvalue weighted by Gasteiger charge is -2.01. The Labute approximate surface area is 89.6 Å². The molecule has 1 aliphatic rings. The Morgan fingerprint density at radius 3 is 2.27 bits per heavy atom. The lowest BCUT2D eigenvalue weighted by Crippen LogP contribution is -2.17. The van der Waals surface area contributed by atoms with E-state index in [0.717, 1.165) is 22.2 Å². The van der Waals surface area contributed by atoms with Crippen LogP contribution in [0, 0.1) is 6.92 Å². The molecule has 1 heterocycles. The van der Waals surface area contributed by atoms with Crippen LogP contribution in [0.25, 0.3) is 0 Å². The third-order valence-electron chi connectivity index (χ3n) is 2.05. The van der Waals surface area contributed by atoms with E-state index in [2.05, 4.69) is 4.74 Å². The topological polar surface area (TPSA) is 12.5 Å². The molecule has 1 fully saturated rings. The number of thioether (sulfide) groups is 1. The number of epoxide rings is 1. The maximum Gasteiger partial charge on any atom is 0.418 e. The van der Waals surface area contributed by atoms with Gasteiger partial charge in [-0.2, -0.15) is 13.2 Å². The summed E-state index contributed by atoms with van der Waals surface area (Å²) >= 11 is 1.11. The molecule has 0 aromatic heterocycles. The van der Waals surface area contributed by atoms with Crippen LogP contribution in [0.1, 0.15) is 5.56 Å². The van der Waals surface area contributed by atoms with Gasteiger partial charge < -0.3 is 4.74 Å². The fourth-order valence-corrected chi connectivity index (χ4v) is 2.19. The van der Waals surface area contributed by atoms with Crippen LogP contribution in [0.5, 0.6) is 0 Å². The Kier molecular flexibility index (Phi) is 2.68. The molecule has 2 atom stereocenters. The van der Waals surface area contributed by atoms with Gasteiger partial charge in [0.25, 0.3) is 0 Å². The van der Waals surface area contributed by atoms with Crippen molar-refractivity contribution < 1.29 is 17.9 Å². The highest BCUT2D eigenvalue weighted by molar-refractivity contribution is 8.00. The zero-order chi connectivity index (χ0) is 11.1. The lowest BCUT2D eigenvalue weighted by molar-refractivity contribution is -0.146. The molecule has 1 saturated heterocycles. The highest BCUT2D eigenvalue weighted by atomic mass is 32.2. The molecule has 0 radical (unpaired) electrons. The first kappa shape index (κ1) is 10.8. The number of benzene rings is 1. The number of halogens is 3. The average Bonchev–Trinajstić information content (AvgIpc) is 2.88. The summed E-state index contributed by atoms with van der Waals surface area (Å²) in [5, 5.41) is 0. The molecule has 15 heavy (non-hydrogen) atoms. The second kappa shape index (κ2) is 3.72. The van der Waals surface area contributed by atoms with Gasteiger partial charge in [0.05, 0.1) is 0 Å². The minimum atomic E-state index is -4.23. The van der Waals surface area contributed by atoms with Gasteiger partial charge in [-0.25, -0.2) is 0 Å². The quantitative estimate of drug-likeness (QED) is 0.727. The van der Waals surface area contributed by atoms with Gasteiger partial charge in [-0.15, -0.1) is 0 Å². The van der Waals surface area contributed by atoms with Crippen LogP contribution in [0.3, 0.4) is 0 Å². The zero-order valence-electron chi connectivity index (χ0n) is 7.91. The molecule has 2 rings (SSSR count). The van der Waals surface area contributed by atoms with Gasteiger partial charge in [-0.1, -0.05) is 29.5 Å². The van der Waals surface area contributed by atoms with Crippen LogP contribution in [0.4, 0.5) is 13.2 Å². The first-order valence-corrected chi connectivity index (χ1v) is 5.30. The zero-order valence-corrected chi connectivity index (χ0v) is 8.73. The van der Waals surface area contributed by atoms with Gasteiger partial charge in [0.2, 0.25) is 0 Å². The van der Waals surface area contributed by atoms with Gasteiger partial charge in [0.1, 0.15) is 5.44 Å². The maximum atomic E-state index is 12.1. The summed E-state index contributed by atoms with van der Waals surface area (Å²) in [5.74, 6) is 0. The summed E-state index contributed by atoms with van der Waals surface area (Å²) in [7, 11) is 0. The van der Waals surface area contributed by atoms with Crippen molar-refractivity contribution in [1.29, 1.82) is 0 Å². The minimum Gasteiger partial charge on any atom is -0.348 e. The number of ether oxygens (including phenoxy) is 1. The lowest BCUT2D eigenvalue weighted by atomic mass is 10.2. The van der Waals surface area contributed by atoms with E-state index in [-0.39, 0.29) is 0 Å². The van der Waals surface area contributed by atoms with E-state index >= 15 is 0 Å². The monoisotopic (exact) mass is 234 g/mol. The third kappa shape index (κ3) is 2.66. The van der Waals surface area contributed by atoms with Gasteiger partial charge in [-0.05, 0) is 19.1 Å². The van der Waals surface area contributed by atoms with E-state index in [9.17, 15) is 13.2 Å².